The lowest BCUT2D eigenvalue weighted by molar-refractivity contribution is -0.131. The van der Waals surface area contributed by atoms with E-state index in [1.807, 2.05) is 23.9 Å². The number of amides is 2. The third kappa shape index (κ3) is 7.24. The molecule has 0 atom stereocenters. The fraction of sp³-hybridized carbons (Fsp3) is 0.833. The largest absolute Gasteiger partial charge is 0.348 e. The minimum atomic E-state index is 0.0875. The van der Waals surface area contributed by atoms with Crippen molar-refractivity contribution in [1.29, 1.82) is 0 Å². The molecule has 0 bridgehead atoms. The predicted molar refractivity (Wildman–Crippen MR) is 72.4 cm³/mol. The van der Waals surface area contributed by atoms with Crippen molar-refractivity contribution in [1.82, 2.24) is 19.6 Å². The van der Waals surface area contributed by atoms with E-state index in [9.17, 15) is 9.59 Å². The highest BCUT2D eigenvalue weighted by Gasteiger charge is 2.11. The van der Waals surface area contributed by atoms with Gasteiger partial charge in [0.15, 0.2) is 0 Å². The van der Waals surface area contributed by atoms with Crippen LogP contribution >= 0.6 is 0 Å². The van der Waals surface area contributed by atoms with Crippen LogP contribution in [0, 0.1) is 0 Å². The van der Waals surface area contributed by atoms with Crippen molar-refractivity contribution < 1.29 is 9.59 Å². The van der Waals surface area contributed by atoms with E-state index in [0.717, 1.165) is 13.1 Å². The molecule has 106 valence electrons. The van der Waals surface area contributed by atoms with Crippen LogP contribution in [0.15, 0.2) is 0 Å². The summed E-state index contributed by atoms with van der Waals surface area (Å²) >= 11 is 0. The lowest BCUT2D eigenvalue weighted by atomic mass is 10.4. The number of hydrogen-bond donors (Lipinski definition) is 0. The van der Waals surface area contributed by atoms with Gasteiger partial charge >= 0.3 is 0 Å². The van der Waals surface area contributed by atoms with Gasteiger partial charge in [-0.2, -0.15) is 0 Å². The van der Waals surface area contributed by atoms with Gasteiger partial charge in [-0.15, -0.1) is 0 Å². The van der Waals surface area contributed by atoms with E-state index in [0.29, 0.717) is 13.1 Å². The summed E-state index contributed by atoms with van der Waals surface area (Å²) in [5.74, 6) is 0.175. The molecule has 0 radical (unpaired) electrons. The maximum Gasteiger partial charge on any atom is 0.236 e. The molecule has 0 N–H and O–H groups in total. The Labute approximate surface area is 110 Å². The molecule has 6 nitrogen and oxygen atoms in total. The molecule has 0 aliphatic heterocycles. The van der Waals surface area contributed by atoms with Gasteiger partial charge in [-0.3, -0.25) is 19.4 Å². The summed E-state index contributed by atoms with van der Waals surface area (Å²) in [6, 6.07) is 0. The topological polar surface area (TPSA) is 47.1 Å². The first-order valence-electron chi connectivity index (χ1n) is 6.01. The third-order valence-corrected chi connectivity index (χ3v) is 2.67. The van der Waals surface area contributed by atoms with Crippen molar-refractivity contribution in [3.8, 4) is 0 Å². The van der Waals surface area contributed by atoms with Crippen LogP contribution in [0.5, 0.6) is 0 Å². The highest BCUT2D eigenvalue weighted by Crippen LogP contribution is 1.91. The fourth-order valence-electron chi connectivity index (χ4n) is 1.24. The van der Waals surface area contributed by atoms with Crippen LogP contribution in [0.3, 0.4) is 0 Å². The molecule has 0 fully saturated rings. The molecule has 0 aliphatic rings. The number of nitrogens with zero attached hydrogens (tertiary/aromatic N) is 4. The van der Waals surface area contributed by atoms with Crippen LogP contribution in [-0.4, -0.2) is 99.9 Å². The quantitative estimate of drug-likeness (QED) is 0.589. The van der Waals surface area contributed by atoms with Crippen LogP contribution in [0.4, 0.5) is 0 Å². The van der Waals surface area contributed by atoms with Gasteiger partial charge in [0, 0.05) is 41.3 Å². The molecule has 18 heavy (non-hydrogen) atoms. The van der Waals surface area contributed by atoms with E-state index in [1.54, 1.807) is 38.0 Å². The molecule has 0 aliphatic carbocycles. The zero-order chi connectivity index (χ0) is 14.3. The monoisotopic (exact) mass is 258 g/mol. The fourth-order valence-corrected chi connectivity index (χ4v) is 1.24. The molecule has 6 heteroatoms. The molecular formula is C12H26N4O2. The maximum absolute atomic E-state index is 11.5. The van der Waals surface area contributed by atoms with Gasteiger partial charge in [0.1, 0.15) is 0 Å². The summed E-state index contributed by atoms with van der Waals surface area (Å²) in [4.78, 5) is 30.0. The van der Waals surface area contributed by atoms with Crippen molar-refractivity contribution in [2.24, 2.45) is 0 Å². The number of hydrogen-bond acceptors (Lipinski definition) is 4. The van der Waals surface area contributed by atoms with Gasteiger partial charge in [-0.05, 0) is 14.1 Å². The van der Waals surface area contributed by atoms with Gasteiger partial charge in [0.2, 0.25) is 11.8 Å². The average Bonchev–Trinajstić information content (AvgIpc) is 2.25. The standard InChI is InChI=1S/C12H26N4O2/c1-13(2)11(17)9-15(5)7-8-16(6)10-12(18)14(3)4/h7-10H2,1-6H3. The Hall–Kier alpha value is -1.14. The van der Waals surface area contributed by atoms with Crippen molar-refractivity contribution >= 4 is 11.8 Å². The Balaban J connectivity index is 3.88. The Morgan fingerprint density at radius 3 is 1.17 bits per heavy atom. The summed E-state index contributed by atoms with van der Waals surface area (Å²) in [6.07, 6.45) is 0. The van der Waals surface area contributed by atoms with Gasteiger partial charge in [0.25, 0.3) is 0 Å². The van der Waals surface area contributed by atoms with Crippen LogP contribution in [0.2, 0.25) is 0 Å². The summed E-state index contributed by atoms with van der Waals surface area (Å²) in [5.41, 5.74) is 0. The molecule has 0 aromatic heterocycles. The zero-order valence-corrected chi connectivity index (χ0v) is 12.4. The van der Waals surface area contributed by atoms with E-state index >= 15 is 0 Å². The highest BCUT2D eigenvalue weighted by atomic mass is 16.2. The van der Waals surface area contributed by atoms with E-state index in [1.165, 1.54) is 0 Å². The second-order valence-corrected chi connectivity index (χ2v) is 5.05. The molecule has 2 amide bonds. The normalized spacial score (nSPS) is 10.9. The first kappa shape index (κ1) is 16.9. The van der Waals surface area contributed by atoms with Crippen molar-refractivity contribution in [2.45, 2.75) is 0 Å². The third-order valence-electron chi connectivity index (χ3n) is 2.67. The van der Waals surface area contributed by atoms with Crippen LogP contribution in [0.1, 0.15) is 0 Å². The van der Waals surface area contributed by atoms with E-state index in [4.69, 9.17) is 0 Å². The number of rotatable bonds is 7. The lowest BCUT2D eigenvalue weighted by Gasteiger charge is -2.23. The van der Waals surface area contributed by atoms with E-state index in [2.05, 4.69) is 0 Å². The molecule has 0 aromatic carbocycles. The van der Waals surface area contributed by atoms with Crippen LogP contribution in [-0.2, 0) is 9.59 Å². The molecular weight excluding hydrogens is 232 g/mol. The zero-order valence-electron chi connectivity index (χ0n) is 12.4. The Morgan fingerprint density at radius 1 is 0.667 bits per heavy atom. The summed E-state index contributed by atoms with van der Waals surface area (Å²) in [7, 11) is 10.8. The molecule has 0 saturated carbocycles. The Bertz CT molecular complexity index is 251. The molecule has 0 rings (SSSR count). The molecule has 0 heterocycles. The molecule has 0 spiro atoms. The average molecular weight is 258 g/mol. The molecule has 0 aromatic rings. The Morgan fingerprint density at radius 2 is 0.944 bits per heavy atom. The summed E-state index contributed by atoms with van der Waals surface area (Å²) < 4.78 is 0. The van der Waals surface area contributed by atoms with Gasteiger partial charge in [-0.1, -0.05) is 0 Å². The number of carbonyl (C=O) groups is 2. The van der Waals surface area contributed by atoms with Crippen LogP contribution in [0.25, 0.3) is 0 Å². The van der Waals surface area contributed by atoms with Crippen LogP contribution < -0.4 is 0 Å². The van der Waals surface area contributed by atoms with E-state index < -0.39 is 0 Å². The SMILES string of the molecule is CN(CCN(C)CC(=O)N(C)C)CC(=O)N(C)C. The van der Waals surface area contributed by atoms with Gasteiger partial charge in [-0.25, -0.2) is 0 Å². The number of carbonyl (C=O) groups excluding carboxylic acids is 2. The van der Waals surface area contributed by atoms with Crippen molar-refractivity contribution in [3.05, 3.63) is 0 Å². The van der Waals surface area contributed by atoms with E-state index in [-0.39, 0.29) is 11.8 Å². The minimum absolute atomic E-state index is 0.0875. The molecule has 0 unspecified atom stereocenters. The minimum Gasteiger partial charge on any atom is -0.348 e. The smallest absolute Gasteiger partial charge is 0.236 e. The van der Waals surface area contributed by atoms with Gasteiger partial charge in [0.05, 0.1) is 13.1 Å². The molecule has 0 saturated heterocycles. The maximum atomic E-state index is 11.5. The predicted octanol–water partition coefficient (Wildman–Crippen LogP) is -0.974. The van der Waals surface area contributed by atoms with Crippen molar-refractivity contribution in [2.75, 3.05) is 68.5 Å². The Kier molecular flexibility index (Phi) is 7.54. The summed E-state index contributed by atoms with van der Waals surface area (Å²) in [5, 5.41) is 0. The van der Waals surface area contributed by atoms with Gasteiger partial charge < -0.3 is 9.80 Å². The highest BCUT2D eigenvalue weighted by molar-refractivity contribution is 5.78. The first-order chi connectivity index (χ1) is 8.23. The van der Waals surface area contributed by atoms with Crippen molar-refractivity contribution in [3.63, 3.8) is 0 Å². The second kappa shape index (κ2) is 8.05. The number of likely N-dealkylation sites (N-methyl/N-ethyl adjacent to an activating group) is 4. The summed E-state index contributed by atoms with van der Waals surface area (Å²) in [6.45, 7) is 2.33. The lowest BCUT2D eigenvalue weighted by Crippen LogP contribution is -2.40. The second-order valence-electron chi connectivity index (χ2n) is 5.05. The first-order valence-corrected chi connectivity index (χ1v) is 6.01.